The van der Waals surface area contributed by atoms with E-state index in [9.17, 15) is 9.59 Å². The number of rotatable bonds is 4. The van der Waals surface area contributed by atoms with E-state index in [-0.39, 0.29) is 30.4 Å². The van der Waals surface area contributed by atoms with Gasteiger partial charge in [-0.1, -0.05) is 13.8 Å². The SMILES string of the molecule is CCC1NC(=O)CN(C(CC)c2nccs2)C1=O. The molecule has 0 radical (unpaired) electrons. The third-order valence-electron chi connectivity index (χ3n) is 3.14. The van der Waals surface area contributed by atoms with E-state index in [4.69, 9.17) is 0 Å². The van der Waals surface area contributed by atoms with E-state index in [1.165, 1.54) is 11.3 Å². The van der Waals surface area contributed by atoms with E-state index < -0.39 is 0 Å². The lowest BCUT2D eigenvalue weighted by Crippen LogP contribution is -2.58. The van der Waals surface area contributed by atoms with Crippen molar-refractivity contribution in [3.05, 3.63) is 16.6 Å². The third-order valence-corrected chi connectivity index (χ3v) is 4.01. The number of piperazine rings is 1. The van der Waals surface area contributed by atoms with Crippen LogP contribution in [0.5, 0.6) is 0 Å². The molecule has 2 heterocycles. The minimum atomic E-state index is -0.389. The van der Waals surface area contributed by atoms with E-state index in [2.05, 4.69) is 10.3 Å². The molecule has 0 aromatic carbocycles. The highest BCUT2D eigenvalue weighted by Gasteiger charge is 2.36. The van der Waals surface area contributed by atoms with Crippen LogP contribution in [0.25, 0.3) is 0 Å². The molecule has 0 aliphatic carbocycles. The topological polar surface area (TPSA) is 62.3 Å². The monoisotopic (exact) mass is 267 g/mol. The molecule has 1 N–H and O–H groups in total. The van der Waals surface area contributed by atoms with Crippen LogP contribution in [0.1, 0.15) is 37.7 Å². The lowest BCUT2D eigenvalue weighted by Gasteiger charge is -2.36. The summed E-state index contributed by atoms with van der Waals surface area (Å²) in [5.74, 6) is -0.0874. The first-order chi connectivity index (χ1) is 8.67. The van der Waals surface area contributed by atoms with Gasteiger partial charge in [0.1, 0.15) is 17.6 Å². The lowest BCUT2D eigenvalue weighted by atomic mass is 10.1. The molecular formula is C12H17N3O2S. The summed E-state index contributed by atoms with van der Waals surface area (Å²) < 4.78 is 0. The van der Waals surface area contributed by atoms with Crippen molar-refractivity contribution < 1.29 is 9.59 Å². The number of hydrogen-bond acceptors (Lipinski definition) is 4. The predicted molar refractivity (Wildman–Crippen MR) is 69.1 cm³/mol. The van der Waals surface area contributed by atoms with Gasteiger partial charge in [0.2, 0.25) is 11.8 Å². The molecule has 0 spiro atoms. The fourth-order valence-electron chi connectivity index (χ4n) is 2.20. The van der Waals surface area contributed by atoms with Crippen LogP contribution in [-0.2, 0) is 9.59 Å². The first-order valence-electron chi connectivity index (χ1n) is 6.16. The second-order valence-electron chi connectivity index (χ2n) is 4.29. The van der Waals surface area contributed by atoms with Gasteiger partial charge in [0.25, 0.3) is 0 Å². The van der Waals surface area contributed by atoms with E-state index in [1.54, 1.807) is 11.1 Å². The van der Waals surface area contributed by atoms with E-state index in [0.717, 1.165) is 11.4 Å². The Hall–Kier alpha value is -1.43. The number of amides is 2. The summed E-state index contributed by atoms with van der Waals surface area (Å²) in [5.41, 5.74) is 0. The standard InChI is InChI=1S/C12H17N3O2S/c1-3-8-12(17)15(7-10(16)14-8)9(4-2)11-13-5-6-18-11/h5-6,8-9H,3-4,7H2,1-2H3,(H,14,16). The largest absolute Gasteiger partial charge is 0.343 e. The summed E-state index contributed by atoms with van der Waals surface area (Å²) in [6, 6.07) is -0.474. The Morgan fingerprint density at radius 1 is 1.56 bits per heavy atom. The van der Waals surface area contributed by atoms with Crippen LogP contribution < -0.4 is 5.32 Å². The Labute approximate surface area is 110 Å². The third kappa shape index (κ3) is 2.38. The van der Waals surface area contributed by atoms with Crippen LogP contribution in [-0.4, -0.2) is 34.3 Å². The molecular weight excluding hydrogens is 250 g/mol. The molecule has 2 amide bonds. The molecule has 1 aromatic rings. The maximum atomic E-state index is 12.3. The predicted octanol–water partition coefficient (Wildman–Crippen LogP) is 1.33. The fraction of sp³-hybridized carbons (Fsp3) is 0.583. The number of thiazole rings is 1. The molecule has 5 nitrogen and oxygen atoms in total. The summed E-state index contributed by atoms with van der Waals surface area (Å²) in [7, 11) is 0. The zero-order chi connectivity index (χ0) is 13.1. The number of carbonyl (C=O) groups is 2. The zero-order valence-corrected chi connectivity index (χ0v) is 11.4. The number of hydrogen-bond donors (Lipinski definition) is 1. The van der Waals surface area contributed by atoms with Crippen molar-refractivity contribution in [2.24, 2.45) is 0 Å². The van der Waals surface area contributed by atoms with Crippen LogP contribution in [0.3, 0.4) is 0 Å². The summed E-state index contributed by atoms with van der Waals surface area (Å²) in [6.07, 6.45) is 3.12. The minimum Gasteiger partial charge on any atom is -0.343 e. The van der Waals surface area contributed by atoms with Gasteiger partial charge in [0, 0.05) is 11.6 Å². The van der Waals surface area contributed by atoms with Gasteiger partial charge < -0.3 is 10.2 Å². The van der Waals surface area contributed by atoms with Crippen LogP contribution in [0, 0.1) is 0 Å². The van der Waals surface area contributed by atoms with Crippen LogP contribution in [0.15, 0.2) is 11.6 Å². The maximum Gasteiger partial charge on any atom is 0.246 e. The van der Waals surface area contributed by atoms with Crippen LogP contribution in [0.4, 0.5) is 0 Å². The molecule has 6 heteroatoms. The maximum absolute atomic E-state index is 12.3. The molecule has 1 saturated heterocycles. The molecule has 98 valence electrons. The molecule has 0 bridgehead atoms. The summed E-state index contributed by atoms with van der Waals surface area (Å²) in [4.78, 5) is 29.9. The Kier molecular flexibility index (Phi) is 3.96. The van der Waals surface area contributed by atoms with Crippen LogP contribution in [0.2, 0.25) is 0 Å². The van der Waals surface area contributed by atoms with Gasteiger partial charge in [-0.05, 0) is 12.8 Å². The van der Waals surface area contributed by atoms with E-state index in [1.807, 2.05) is 19.2 Å². The molecule has 1 aromatic heterocycles. The minimum absolute atomic E-state index is 0.000787. The van der Waals surface area contributed by atoms with E-state index >= 15 is 0 Å². The second-order valence-corrected chi connectivity index (χ2v) is 5.22. The average molecular weight is 267 g/mol. The number of nitrogens with zero attached hydrogens (tertiary/aromatic N) is 2. The van der Waals surface area contributed by atoms with Gasteiger partial charge in [-0.25, -0.2) is 4.98 Å². The number of carbonyl (C=O) groups excluding carboxylic acids is 2. The zero-order valence-electron chi connectivity index (χ0n) is 10.5. The van der Waals surface area contributed by atoms with Gasteiger partial charge >= 0.3 is 0 Å². The van der Waals surface area contributed by atoms with Crippen molar-refractivity contribution in [3.63, 3.8) is 0 Å². The molecule has 1 aliphatic rings. The Bertz CT molecular complexity index is 433. The first kappa shape index (κ1) is 13.0. The molecule has 18 heavy (non-hydrogen) atoms. The van der Waals surface area contributed by atoms with Crippen molar-refractivity contribution in [1.29, 1.82) is 0 Å². The van der Waals surface area contributed by atoms with Crippen molar-refractivity contribution in [3.8, 4) is 0 Å². The number of nitrogens with one attached hydrogen (secondary N) is 1. The fourth-order valence-corrected chi connectivity index (χ4v) is 3.04. The quantitative estimate of drug-likeness (QED) is 0.895. The molecule has 2 rings (SSSR count). The van der Waals surface area contributed by atoms with Crippen molar-refractivity contribution in [2.75, 3.05) is 6.54 Å². The normalized spacial score (nSPS) is 21.9. The Morgan fingerprint density at radius 3 is 2.89 bits per heavy atom. The van der Waals surface area contributed by atoms with Crippen LogP contribution >= 0.6 is 11.3 Å². The molecule has 1 fully saturated rings. The van der Waals surface area contributed by atoms with Gasteiger partial charge in [-0.2, -0.15) is 0 Å². The Balaban J connectivity index is 2.24. The van der Waals surface area contributed by atoms with E-state index in [0.29, 0.717) is 6.42 Å². The van der Waals surface area contributed by atoms with Crippen molar-refractivity contribution in [1.82, 2.24) is 15.2 Å². The van der Waals surface area contributed by atoms with Gasteiger partial charge in [-0.3, -0.25) is 9.59 Å². The molecule has 2 atom stereocenters. The average Bonchev–Trinajstić information content (AvgIpc) is 2.87. The van der Waals surface area contributed by atoms with Gasteiger partial charge in [0.05, 0.1) is 6.04 Å². The summed E-state index contributed by atoms with van der Waals surface area (Å²) in [6.45, 7) is 4.04. The Morgan fingerprint density at radius 2 is 2.33 bits per heavy atom. The van der Waals surface area contributed by atoms with Gasteiger partial charge in [-0.15, -0.1) is 11.3 Å². The molecule has 0 saturated carbocycles. The second kappa shape index (κ2) is 5.48. The highest BCUT2D eigenvalue weighted by Crippen LogP contribution is 2.27. The first-order valence-corrected chi connectivity index (χ1v) is 7.04. The van der Waals surface area contributed by atoms with Gasteiger partial charge in [0.15, 0.2) is 0 Å². The highest BCUT2D eigenvalue weighted by atomic mass is 32.1. The van der Waals surface area contributed by atoms with Crippen molar-refractivity contribution >= 4 is 23.2 Å². The van der Waals surface area contributed by atoms with Crippen molar-refractivity contribution in [2.45, 2.75) is 38.8 Å². The lowest BCUT2D eigenvalue weighted by molar-refractivity contribution is -0.147. The summed E-state index contributed by atoms with van der Waals surface area (Å²) in [5, 5.41) is 5.51. The number of aromatic nitrogens is 1. The molecule has 1 aliphatic heterocycles. The highest BCUT2D eigenvalue weighted by molar-refractivity contribution is 7.09. The molecule has 2 unspecified atom stereocenters. The summed E-state index contributed by atoms with van der Waals surface area (Å²) >= 11 is 1.52. The smallest absolute Gasteiger partial charge is 0.246 e.